The molecule has 1 fully saturated rings. The minimum absolute atomic E-state index is 0.227. The maximum Gasteiger partial charge on any atom is 0.225 e. The molecule has 0 radical (unpaired) electrons. The lowest BCUT2D eigenvalue weighted by atomic mass is 10.1. The van der Waals surface area contributed by atoms with Gasteiger partial charge in [0.15, 0.2) is 0 Å². The van der Waals surface area contributed by atoms with Crippen molar-refractivity contribution in [2.24, 2.45) is 0 Å². The molecule has 3 aromatic heterocycles. The van der Waals surface area contributed by atoms with Crippen LogP contribution in [-0.4, -0.2) is 44.2 Å². The summed E-state index contributed by atoms with van der Waals surface area (Å²) in [6, 6.07) is 3.18. The lowest BCUT2D eigenvalue weighted by Crippen LogP contribution is -2.36. The van der Waals surface area contributed by atoms with Crippen molar-refractivity contribution in [1.82, 2.24) is 19.9 Å². The third kappa shape index (κ3) is 2.78. The van der Waals surface area contributed by atoms with Crippen LogP contribution in [0, 0.1) is 5.82 Å². The Kier molecular flexibility index (Phi) is 3.78. The molecular weight excluding hydrogens is 309 g/mol. The van der Waals surface area contributed by atoms with Crippen molar-refractivity contribution in [2.75, 3.05) is 18.0 Å². The third-order valence-electron chi connectivity index (χ3n) is 4.24. The summed E-state index contributed by atoms with van der Waals surface area (Å²) in [5.74, 6) is 0.244. The van der Waals surface area contributed by atoms with Crippen molar-refractivity contribution in [3.8, 4) is 11.1 Å². The minimum Gasteiger partial charge on any atom is -0.393 e. The molecule has 0 unspecified atom stereocenters. The molecule has 1 saturated heterocycles. The number of rotatable bonds is 2. The molecule has 0 aromatic carbocycles. The predicted octanol–water partition coefficient (Wildman–Crippen LogP) is 2.19. The number of nitrogens with zero attached hydrogens (tertiary/aromatic N) is 5. The highest BCUT2D eigenvalue weighted by Gasteiger charge is 2.19. The van der Waals surface area contributed by atoms with Gasteiger partial charge < -0.3 is 10.0 Å². The first-order chi connectivity index (χ1) is 11.7. The number of aromatic nitrogens is 4. The van der Waals surface area contributed by atoms with Crippen molar-refractivity contribution in [1.29, 1.82) is 0 Å². The van der Waals surface area contributed by atoms with E-state index in [2.05, 4.69) is 24.8 Å². The van der Waals surface area contributed by atoms with Gasteiger partial charge in [0.2, 0.25) is 5.95 Å². The van der Waals surface area contributed by atoms with Crippen molar-refractivity contribution < 1.29 is 9.50 Å². The van der Waals surface area contributed by atoms with E-state index in [1.54, 1.807) is 18.6 Å². The smallest absolute Gasteiger partial charge is 0.225 e. The van der Waals surface area contributed by atoms with Crippen LogP contribution in [0.1, 0.15) is 12.8 Å². The molecular formula is C17H16FN5O. The molecule has 122 valence electrons. The highest BCUT2D eigenvalue weighted by molar-refractivity contribution is 5.90. The lowest BCUT2D eigenvalue weighted by molar-refractivity contribution is 0.145. The first-order valence-electron chi connectivity index (χ1n) is 7.86. The number of piperidine rings is 1. The molecule has 1 aliphatic rings. The van der Waals surface area contributed by atoms with Gasteiger partial charge in [-0.2, -0.15) is 0 Å². The van der Waals surface area contributed by atoms with Gasteiger partial charge in [0.25, 0.3) is 0 Å². The van der Waals surface area contributed by atoms with Gasteiger partial charge in [0.05, 0.1) is 23.3 Å². The molecule has 4 rings (SSSR count). The van der Waals surface area contributed by atoms with Gasteiger partial charge in [-0.25, -0.2) is 14.4 Å². The molecule has 0 bridgehead atoms. The Hall–Kier alpha value is -2.67. The second-order valence-corrected chi connectivity index (χ2v) is 5.87. The topological polar surface area (TPSA) is 75.0 Å². The number of aliphatic hydroxyl groups is 1. The van der Waals surface area contributed by atoms with Crippen molar-refractivity contribution in [2.45, 2.75) is 18.9 Å². The Morgan fingerprint density at radius 2 is 1.79 bits per heavy atom. The van der Waals surface area contributed by atoms with E-state index in [0.717, 1.165) is 37.1 Å². The van der Waals surface area contributed by atoms with Crippen LogP contribution < -0.4 is 4.90 Å². The number of pyridine rings is 2. The van der Waals surface area contributed by atoms with Crippen LogP contribution in [0.2, 0.25) is 0 Å². The van der Waals surface area contributed by atoms with Gasteiger partial charge in [-0.3, -0.25) is 9.97 Å². The molecule has 1 aliphatic heterocycles. The van der Waals surface area contributed by atoms with Gasteiger partial charge >= 0.3 is 0 Å². The maximum atomic E-state index is 13.3. The predicted molar refractivity (Wildman–Crippen MR) is 88.0 cm³/mol. The molecule has 1 N–H and O–H groups in total. The zero-order valence-corrected chi connectivity index (χ0v) is 12.9. The van der Waals surface area contributed by atoms with Crippen LogP contribution in [0.3, 0.4) is 0 Å². The molecule has 24 heavy (non-hydrogen) atoms. The summed E-state index contributed by atoms with van der Waals surface area (Å²) >= 11 is 0. The quantitative estimate of drug-likeness (QED) is 0.778. The van der Waals surface area contributed by atoms with Gasteiger partial charge in [-0.15, -0.1) is 0 Å². The zero-order valence-electron chi connectivity index (χ0n) is 12.9. The normalized spacial score (nSPS) is 15.8. The van der Waals surface area contributed by atoms with Crippen LogP contribution in [0.5, 0.6) is 0 Å². The van der Waals surface area contributed by atoms with Gasteiger partial charge in [-0.1, -0.05) is 0 Å². The Bertz CT molecular complexity index is 862. The molecule has 0 saturated carbocycles. The second-order valence-electron chi connectivity index (χ2n) is 5.87. The fourth-order valence-corrected chi connectivity index (χ4v) is 2.93. The molecule has 0 atom stereocenters. The summed E-state index contributed by atoms with van der Waals surface area (Å²) in [6.07, 6.45) is 7.53. The molecule has 0 aliphatic carbocycles. The average Bonchev–Trinajstić information content (AvgIpc) is 2.62. The van der Waals surface area contributed by atoms with E-state index in [1.165, 1.54) is 12.3 Å². The van der Waals surface area contributed by atoms with Gasteiger partial charge in [0.1, 0.15) is 5.82 Å². The molecule has 7 heteroatoms. The molecule has 4 heterocycles. The highest BCUT2D eigenvalue weighted by Crippen LogP contribution is 2.26. The van der Waals surface area contributed by atoms with E-state index in [0.29, 0.717) is 17.0 Å². The van der Waals surface area contributed by atoms with Crippen molar-refractivity contribution in [3.05, 3.63) is 42.7 Å². The van der Waals surface area contributed by atoms with E-state index in [9.17, 15) is 9.50 Å². The SMILES string of the molecule is OC1CCN(c2ncc(-c3ccnc4cc(F)cnc34)cn2)CC1. The second kappa shape index (κ2) is 6.09. The average molecular weight is 325 g/mol. The lowest BCUT2D eigenvalue weighted by Gasteiger charge is -2.29. The third-order valence-corrected chi connectivity index (χ3v) is 4.24. The van der Waals surface area contributed by atoms with Crippen LogP contribution in [0.15, 0.2) is 36.9 Å². The molecule has 0 amide bonds. The number of hydrogen-bond donors (Lipinski definition) is 1. The summed E-state index contributed by atoms with van der Waals surface area (Å²) in [7, 11) is 0. The van der Waals surface area contributed by atoms with E-state index >= 15 is 0 Å². The number of fused-ring (bicyclic) bond motifs is 1. The van der Waals surface area contributed by atoms with Crippen molar-refractivity contribution in [3.63, 3.8) is 0 Å². The Labute approximate surface area is 138 Å². The van der Waals surface area contributed by atoms with E-state index in [1.807, 2.05) is 6.07 Å². The highest BCUT2D eigenvalue weighted by atomic mass is 19.1. The monoisotopic (exact) mass is 325 g/mol. The first-order valence-corrected chi connectivity index (χ1v) is 7.86. The summed E-state index contributed by atoms with van der Waals surface area (Å²) in [5, 5.41) is 9.58. The van der Waals surface area contributed by atoms with Gasteiger partial charge in [0, 0.05) is 48.9 Å². The summed E-state index contributed by atoms with van der Waals surface area (Å²) in [6.45, 7) is 1.50. The fraction of sp³-hybridized carbons (Fsp3) is 0.294. The Morgan fingerprint density at radius 1 is 1.04 bits per heavy atom. The summed E-state index contributed by atoms with van der Waals surface area (Å²) < 4.78 is 13.3. The minimum atomic E-state index is -0.411. The molecule has 0 spiro atoms. The largest absolute Gasteiger partial charge is 0.393 e. The zero-order chi connectivity index (χ0) is 16.5. The summed E-state index contributed by atoms with van der Waals surface area (Å²) in [5.41, 5.74) is 2.75. The maximum absolute atomic E-state index is 13.3. The number of hydrogen-bond acceptors (Lipinski definition) is 6. The number of anilines is 1. The Balaban J connectivity index is 1.66. The van der Waals surface area contributed by atoms with Crippen LogP contribution >= 0.6 is 0 Å². The number of aliphatic hydroxyl groups excluding tert-OH is 1. The molecule has 3 aromatic rings. The van der Waals surface area contributed by atoms with Crippen LogP contribution in [0.25, 0.3) is 22.2 Å². The fourth-order valence-electron chi connectivity index (χ4n) is 2.93. The van der Waals surface area contributed by atoms with E-state index in [4.69, 9.17) is 0 Å². The first kappa shape index (κ1) is 14.9. The molecule has 6 nitrogen and oxygen atoms in total. The van der Waals surface area contributed by atoms with Gasteiger partial charge in [-0.05, 0) is 18.9 Å². The summed E-state index contributed by atoms with van der Waals surface area (Å²) in [4.78, 5) is 19.2. The van der Waals surface area contributed by atoms with Crippen molar-refractivity contribution >= 4 is 17.0 Å². The van der Waals surface area contributed by atoms with E-state index in [-0.39, 0.29) is 6.10 Å². The van der Waals surface area contributed by atoms with Crippen LogP contribution in [-0.2, 0) is 0 Å². The standard InChI is InChI=1S/C17H16FN5O/c18-12-7-15-16(20-10-12)14(1-4-19-15)11-8-21-17(22-9-11)23-5-2-13(24)3-6-23/h1,4,7-10,13,24H,2-3,5-6H2. The Morgan fingerprint density at radius 3 is 2.54 bits per heavy atom. The number of halogens is 1. The van der Waals surface area contributed by atoms with Crippen LogP contribution in [0.4, 0.5) is 10.3 Å². The van der Waals surface area contributed by atoms with E-state index < -0.39 is 5.82 Å².